The first-order chi connectivity index (χ1) is 9.61. The molecule has 0 aliphatic heterocycles. The van der Waals surface area contributed by atoms with E-state index >= 15 is 0 Å². The molecular weight excluding hydrogens is 274 g/mol. The molecule has 0 radical (unpaired) electrons. The molecule has 1 N–H and O–H groups in total. The highest BCUT2D eigenvalue weighted by atomic mass is 32.2. The van der Waals surface area contributed by atoms with E-state index in [2.05, 4.69) is 11.9 Å². The molecule has 1 aromatic carbocycles. The monoisotopic (exact) mass is 291 g/mol. The van der Waals surface area contributed by atoms with Gasteiger partial charge in [-0.3, -0.25) is 0 Å². The predicted octanol–water partition coefficient (Wildman–Crippen LogP) is 4.20. The Balaban J connectivity index is 1.80. The van der Waals surface area contributed by atoms with Gasteiger partial charge < -0.3 is 9.52 Å². The van der Waals surface area contributed by atoms with Gasteiger partial charge in [0.15, 0.2) is 5.58 Å². The molecule has 1 aromatic heterocycles. The third-order valence-electron chi connectivity index (χ3n) is 3.77. The molecule has 2 unspecified atom stereocenters. The number of rotatable bonds is 3. The van der Waals surface area contributed by atoms with E-state index in [0.717, 1.165) is 11.4 Å². The average Bonchev–Trinajstić information content (AvgIpc) is 2.79. The van der Waals surface area contributed by atoms with Gasteiger partial charge in [-0.2, -0.15) is 0 Å². The molecule has 2 atom stereocenters. The number of fused-ring (bicyclic) bond motifs is 1. The summed E-state index contributed by atoms with van der Waals surface area (Å²) >= 11 is 1.68. The zero-order chi connectivity index (χ0) is 14.1. The standard InChI is InChI=1S/C15H17NO3S/c1-9-3-2-4-11(7-9)20-15-16-12-6-5-10(14(17)18)8-13(12)19-15/h5-6,8-9,11H,2-4,7H2,1H3,(H,17,18). The third-order valence-corrected chi connectivity index (χ3v) is 4.91. The zero-order valence-electron chi connectivity index (χ0n) is 11.3. The van der Waals surface area contributed by atoms with E-state index in [1.807, 2.05) is 0 Å². The lowest BCUT2D eigenvalue weighted by atomic mass is 9.91. The fourth-order valence-corrected chi connectivity index (χ4v) is 4.00. The maximum absolute atomic E-state index is 10.9. The van der Waals surface area contributed by atoms with Crippen LogP contribution in [0.3, 0.4) is 0 Å². The van der Waals surface area contributed by atoms with Crippen LogP contribution >= 0.6 is 11.8 Å². The molecule has 3 rings (SSSR count). The van der Waals surface area contributed by atoms with Crippen molar-refractivity contribution in [2.24, 2.45) is 5.92 Å². The molecule has 5 heteroatoms. The summed E-state index contributed by atoms with van der Waals surface area (Å²) in [4.78, 5) is 15.4. The summed E-state index contributed by atoms with van der Waals surface area (Å²) in [5.41, 5.74) is 1.51. The second-order valence-corrected chi connectivity index (χ2v) is 6.73. The number of carbonyl (C=O) groups is 1. The Morgan fingerprint density at radius 1 is 1.45 bits per heavy atom. The molecular formula is C15H17NO3S. The molecule has 0 spiro atoms. The number of aromatic carboxylic acids is 1. The van der Waals surface area contributed by atoms with Crippen LogP contribution in [0.2, 0.25) is 0 Å². The summed E-state index contributed by atoms with van der Waals surface area (Å²) in [6, 6.07) is 4.80. The fourth-order valence-electron chi connectivity index (χ4n) is 2.72. The van der Waals surface area contributed by atoms with E-state index in [0.29, 0.717) is 16.1 Å². The van der Waals surface area contributed by atoms with Gasteiger partial charge in [0.2, 0.25) is 0 Å². The van der Waals surface area contributed by atoms with Gasteiger partial charge in [0.25, 0.3) is 5.22 Å². The first kappa shape index (κ1) is 13.5. The lowest BCUT2D eigenvalue weighted by molar-refractivity contribution is 0.0697. The van der Waals surface area contributed by atoms with E-state index in [-0.39, 0.29) is 5.56 Å². The first-order valence-corrected chi connectivity index (χ1v) is 7.80. The third kappa shape index (κ3) is 2.82. The van der Waals surface area contributed by atoms with Crippen LogP contribution in [0.5, 0.6) is 0 Å². The molecule has 1 aliphatic carbocycles. The minimum absolute atomic E-state index is 0.233. The molecule has 1 fully saturated rings. The smallest absolute Gasteiger partial charge is 0.335 e. The Bertz CT molecular complexity index is 637. The Hall–Kier alpha value is -1.49. The molecule has 0 bridgehead atoms. The number of carboxylic acids is 1. The molecule has 0 amide bonds. The van der Waals surface area contributed by atoms with Crippen LogP contribution in [0.1, 0.15) is 43.0 Å². The van der Waals surface area contributed by atoms with E-state index in [9.17, 15) is 4.79 Å². The van der Waals surface area contributed by atoms with Gasteiger partial charge >= 0.3 is 5.97 Å². The number of hydrogen-bond donors (Lipinski definition) is 1. The van der Waals surface area contributed by atoms with Crippen molar-refractivity contribution in [3.05, 3.63) is 23.8 Å². The number of thioether (sulfide) groups is 1. The molecule has 1 saturated carbocycles. The summed E-state index contributed by atoms with van der Waals surface area (Å²) in [5, 5.41) is 10.2. The Labute approximate surface area is 121 Å². The SMILES string of the molecule is CC1CCCC(Sc2nc3ccc(C(=O)O)cc3o2)C1. The first-order valence-electron chi connectivity index (χ1n) is 6.92. The summed E-state index contributed by atoms with van der Waals surface area (Å²) in [6.45, 7) is 2.29. The zero-order valence-corrected chi connectivity index (χ0v) is 12.2. The largest absolute Gasteiger partial charge is 0.478 e. The minimum atomic E-state index is -0.946. The van der Waals surface area contributed by atoms with Crippen LogP contribution < -0.4 is 0 Å². The van der Waals surface area contributed by atoms with E-state index in [1.165, 1.54) is 31.7 Å². The van der Waals surface area contributed by atoms with Crippen molar-refractivity contribution in [3.63, 3.8) is 0 Å². The van der Waals surface area contributed by atoms with E-state index in [4.69, 9.17) is 9.52 Å². The van der Waals surface area contributed by atoms with Gasteiger partial charge in [0.1, 0.15) is 5.52 Å². The second kappa shape index (κ2) is 5.48. The molecule has 2 aromatic rings. The van der Waals surface area contributed by atoms with Crippen LogP contribution in [0.15, 0.2) is 27.8 Å². The normalized spacial score (nSPS) is 23.1. The van der Waals surface area contributed by atoms with Crippen molar-refractivity contribution < 1.29 is 14.3 Å². The van der Waals surface area contributed by atoms with Gasteiger partial charge in [-0.1, -0.05) is 31.5 Å². The number of nitrogens with zero attached hydrogens (tertiary/aromatic N) is 1. The van der Waals surface area contributed by atoms with Crippen molar-refractivity contribution in [1.29, 1.82) is 0 Å². The van der Waals surface area contributed by atoms with Crippen LogP contribution in [-0.4, -0.2) is 21.3 Å². The van der Waals surface area contributed by atoms with Gasteiger partial charge in [-0.25, -0.2) is 9.78 Å². The molecule has 0 saturated heterocycles. The highest BCUT2D eigenvalue weighted by Crippen LogP contribution is 2.36. The van der Waals surface area contributed by atoms with Crippen molar-refractivity contribution >= 4 is 28.8 Å². The van der Waals surface area contributed by atoms with Crippen LogP contribution in [0, 0.1) is 5.92 Å². The van der Waals surface area contributed by atoms with Crippen molar-refractivity contribution in [3.8, 4) is 0 Å². The van der Waals surface area contributed by atoms with E-state index < -0.39 is 5.97 Å². The Kier molecular flexibility index (Phi) is 3.70. The summed E-state index contributed by atoms with van der Waals surface area (Å²) in [6.07, 6.45) is 4.98. The predicted molar refractivity (Wildman–Crippen MR) is 78.2 cm³/mol. The fraction of sp³-hybridized carbons (Fsp3) is 0.467. The minimum Gasteiger partial charge on any atom is -0.478 e. The van der Waals surface area contributed by atoms with Crippen molar-refractivity contribution in [2.75, 3.05) is 0 Å². The average molecular weight is 291 g/mol. The van der Waals surface area contributed by atoms with Gasteiger partial charge in [0, 0.05) is 5.25 Å². The summed E-state index contributed by atoms with van der Waals surface area (Å²) < 4.78 is 5.69. The van der Waals surface area contributed by atoms with Gasteiger partial charge in [0.05, 0.1) is 5.56 Å². The van der Waals surface area contributed by atoms with Crippen molar-refractivity contribution in [1.82, 2.24) is 4.98 Å². The topological polar surface area (TPSA) is 63.3 Å². The summed E-state index contributed by atoms with van der Waals surface area (Å²) in [5.74, 6) is -0.178. The Morgan fingerprint density at radius 3 is 3.05 bits per heavy atom. The second-order valence-electron chi connectivity index (χ2n) is 5.48. The van der Waals surface area contributed by atoms with Gasteiger partial charge in [-0.05, 0) is 37.0 Å². The molecule has 1 heterocycles. The molecule has 106 valence electrons. The highest BCUT2D eigenvalue weighted by Gasteiger charge is 2.22. The lowest BCUT2D eigenvalue weighted by Crippen LogP contribution is -2.14. The maximum atomic E-state index is 10.9. The number of carboxylic acid groups (broad SMARTS) is 1. The lowest BCUT2D eigenvalue weighted by Gasteiger charge is -2.24. The number of benzene rings is 1. The van der Waals surface area contributed by atoms with Crippen LogP contribution in [-0.2, 0) is 0 Å². The molecule has 20 heavy (non-hydrogen) atoms. The number of oxazole rings is 1. The molecule has 4 nitrogen and oxygen atoms in total. The Morgan fingerprint density at radius 2 is 2.30 bits per heavy atom. The summed E-state index contributed by atoms with van der Waals surface area (Å²) in [7, 11) is 0. The number of hydrogen-bond acceptors (Lipinski definition) is 4. The van der Waals surface area contributed by atoms with Gasteiger partial charge in [-0.15, -0.1) is 0 Å². The number of aromatic nitrogens is 1. The van der Waals surface area contributed by atoms with Crippen LogP contribution in [0.4, 0.5) is 0 Å². The van der Waals surface area contributed by atoms with Crippen LogP contribution in [0.25, 0.3) is 11.1 Å². The highest BCUT2D eigenvalue weighted by molar-refractivity contribution is 7.99. The van der Waals surface area contributed by atoms with E-state index in [1.54, 1.807) is 23.9 Å². The quantitative estimate of drug-likeness (QED) is 0.918. The van der Waals surface area contributed by atoms with Crippen molar-refractivity contribution in [2.45, 2.75) is 43.1 Å². The maximum Gasteiger partial charge on any atom is 0.335 e. The molecule has 1 aliphatic rings.